The molecule has 0 aromatic heterocycles. The first-order chi connectivity index (χ1) is 9.56. The molecule has 1 aromatic rings. The van der Waals surface area contributed by atoms with E-state index in [-0.39, 0.29) is 5.91 Å². The molecule has 106 valence electrons. The number of amides is 1. The van der Waals surface area contributed by atoms with Gasteiger partial charge in [0.15, 0.2) is 0 Å². The van der Waals surface area contributed by atoms with E-state index in [0.29, 0.717) is 22.5 Å². The van der Waals surface area contributed by atoms with Crippen LogP contribution in [0, 0.1) is 0 Å². The van der Waals surface area contributed by atoms with Crippen LogP contribution in [0.25, 0.3) is 0 Å². The third-order valence-corrected chi connectivity index (χ3v) is 4.61. The Morgan fingerprint density at radius 1 is 1.40 bits per heavy atom. The maximum atomic E-state index is 11.7. The van der Waals surface area contributed by atoms with Crippen LogP contribution in [0.2, 0.25) is 5.02 Å². The Balaban J connectivity index is 1.80. The maximum absolute atomic E-state index is 11.7. The molecule has 0 aliphatic carbocycles. The van der Waals surface area contributed by atoms with Crippen molar-refractivity contribution in [3.05, 3.63) is 28.8 Å². The van der Waals surface area contributed by atoms with E-state index in [1.165, 1.54) is 0 Å². The summed E-state index contributed by atoms with van der Waals surface area (Å²) in [5.41, 5.74) is 7.38. The predicted octanol–water partition coefficient (Wildman–Crippen LogP) is 1.79. The molecule has 2 N–H and O–H groups in total. The van der Waals surface area contributed by atoms with E-state index < -0.39 is 0 Å². The number of rotatable bonds is 2. The van der Waals surface area contributed by atoms with Crippen molar-refractivity contribution in [2.75, 3.05) is 24.5 Å². The van der Waals surface area contributed by atoms with Gasteiger partial charge >= 0.3 is 0 Å². The van der Waals surface area contributed by atoms with E-state index in [2.05, 4.69) is 4.90 Å². The topological polar surface area (TPSA) is 49.6 Å². The van der Waals surface area contributed by atoms with Gasteiger partial charge in [0.1, 0.15) is 4.99 Å². The van der Waals surface area contributed by atoms with Gasteiger partial charge in [0.25, 0.3) is 0 Å². The highest BCUT2D eigenvalue weighted by molar-refractivity contribution is 7.80. The fourth-order valence-electron chi connectivity index (χ4n) is 3.00. The molecule has 6 heteroatoms. The fraction of sp³-hybridized carbons (Fsp3) is 0.429. The molecule has 0 bridgehead atoms. The average molecular weight is 310 g/mol. The van der Waals surface area contributed by atoms with Crippen LogP contribution in [0.4, 0.5) is 5.69 Å². The molecule has 20 heavy (non-hydrogen) atoms. The quantitative estimate of drug-likeness (QED) is 0.846. The van der Waals surface area contributed by atoms with E-state index in [0.717, 1.165) is 37.3 Å². The largest absolute Gasteiger partial charge is 0.389 e. The predicted molar refractivity (Wildman–Crippen MR) is 84.3 cm³/mol. The smallest absolute Gasteiger partial charge is 0.223 e. The Labute approximate surface area is 128 Å². The van der Waals surface area contributed by atoms with Crippen LogP contribution in [-0.4, -0.2) is 41.5 Å². The summed E-state index contributed by atoms with van der Waals surface area (Å²) in [6, 6.07) is 5.99. The van der Waals surface area contributed by atoms with Crippen molar-refractivity contribution in [1.29, 1.82) is 0 Å². The van der Waals surface area contributed by atoms with Crippen LogP contribution in [0.15, 0.2) is 18.2 Å². The Morgan fingerprint density at radius 2 is 2.20 bits per heavy atom. The molecule has 1 atom stereocenters. The molecule has 2 heterocycles. The molecule has 2 saturated heterocycles. The van der Waals surface area contributed by atoms with E-state index in [1.807, 2.05) is 23.1 Å². The van der Waals surface area contributed by atoms with Gasteiger partial charge in [-0.15, -0.1) is 0 Å². The molecular weight excluding hydrogens is 294 g/mol. The first kappa shape index (κ1) is 13.6. The summed E-state index contributed by atoms with van der Waals surface area (Å²) in [5.74, 6) is 0.282. The molecule has 0 spiro atoms. The Bertz CT molecular complexity index is 578. The molecule has 1 aromatic carbocycles. The molecule has 3 rings (SSSR count). The lowest BCUT2D eigenvalue weighted by molar-refractivity contribution is -0.129. The highest BCUT2D eigenvalue weighted by atomic mass is 35.5. The maximum Gasteiger partial charge on any atom is 0.223 e. The molecule has 2 aliphatic rings. The number of halogens is 1. The minimum Gasteiger partial charge on any atom is -0.389 e. The summed E-state index contributed by atoms with van der Waals surface area (Å²) in [7, 11) is 0. The molecule has 2 fully saturated rings. The SMILES string of the molecule is NC(=S)c1ccc(N2CCN3C(=O)CCC3C2)c(Cl)c1. The molecule has 1 unspecified atom stereocenters. The number of carbonyl (C=O) groups excluding carboxylic acids is 1. The zero-order valence-corrected chi connectivity index (χ0v) is 12.6. The fourth-order valence-corrected chi connectivity index (χ4v) is 3.43. The van der Waals surface area contributed by atoms with Gasteiger partial charge in [0.2, 0.25) is 5.91 Å². The minimum atomic E-state index is 0.282. The number of thiocarbonyl (C=S) groups is 1. The van der Waals surface area contributed by atoms with Crippen molar-refractivity contribution in [2.45, 2.75) is 18.9 Å². The van der Waals surface area contributed by atoms with Crippen molar-refractivity contribution >= 4 is 40.4 Å². The molecular formula is C14H16ClN3OS. The van der Waals surface area contributed by atoms with Gasteiger partial charge in [-0.25, -0.2) is 0 Å². The van der Waals surface area contributed by atoms with E-state index in [1.54, 1.807) is 0 Å². The van der Waals surface area contributed by atoms with Crippen LogP contribution in [-0.2, 0) is 4.79 Å². The van der Waals surface area contributed by atoms with Crippen LogP contribution in [0.1, 0.15) is 18.4 Å². The van der Waals surface area contributed by atoms with Crippen molar-refractivity contribution in [3.63, 3.8) is 0 Å². The average Bonchev–Trinajstić information content (AvgIpc) is 2.79. The van der Waals surface area contributed by atoms with Crippen molar-refractivity contribution in [1.82, 2.24) is 4.90 Å². The second kappa shape index (κ2) is 5.22. The van der Waals surface area contributed by atoms with Gasteiger partial charge in [-0.1, -0.05) is 23.8 Å². The number of fused-ring (bicyclic) bond motifs is 1. The molecule has 4 nitrogen and oxygen atoms in total. The normalized spacial score (nSPS) is 22.1. The van der Waals surface area contributed by atoms with E-state index >= 15 is 0 Å². The summed E-state index contributed by atoms with van der Waals surface area (Å²) in [4.78, 5) is 16.3. The van der Waals surface area contributed by atoms with Crippen molar-refractivity contribution < 1.29 is 4.79 Å². The lowest BCUT2D eigenvalue weighted by atomic mass is 10.1. The number of hydrogen-bond acceptors (Lipinski definition) is 3. The van der Waals surface area contributed by atoms with Crippen LogP contribution < -0.4 is 10.6 Å². The van der Waals surface area contributed by atoms with Gasteiger partial charge in [-0.2, -0.15) is 0 Å². The van der Waals surface area contributed by atoms with Gasteiger partial charge in [0.05, 0.1) is 10.7 Å². The lowest BCUT2D eigenvalue weighted by Gasteiger charge is -2.39. The molecule has 0 saturated carbocycles. The summed E-state index contributed by atoms with van der Waals surface area (Å²) in [5, 5.41) is 0.660. The van der Waals surface area contributed by atoms with Gasteiger partial charge < -0.3 is 15.5 Å². The van der Waals surface area contributed by atoms with Crippen LogP contribution in [0.3, 0.4) is 0 Å². The summed E-state index contributed by atoms with van der Waals surface area (Å²) >= 11 is 11.3. The second-order valence-electron chi connectivity index (χ2n) is 5.26. The van der Waals surface area contributed by atoms with Crippen molar-refractivity contribution in [2.24, 2.45) is 5.73 Å². The third kappa shape index (κ3) is 2.36. The van der Waals surface area contributed by atoms with Gasteiger partial charge in [0, 0.05) is 37.7 Å². The number of nitrogens with two attached hydrogens (primary N) is 1. The number of carbonyl (C=O) groups is 1. The molecule has 0 radical (unpaired) electrons. The monoisotopic (exact) mass is 309 g/mol. The molecule has 1 amide bonds. The number of piperazine rings is 1. The van der Waals surface area contributed by atoms with Gasteiger partial charge in [-0.3, -0.25) is 4.79 Å². The summed E-state index contributed by atoms with van der Waals surface area (Å²) < 4.78 is 0. The highest BCUT2D eigenvalue weighted by Gasteiger charge is 2.35. The van der Waals surface area contributed by atoms with E-state index in [4.69, 9.17) is 29.6 Å². The first-order valence-electron chi connectivity index (χ1n) is 6.70. The standard InChI is InChI=1S/C14H16ClN3OS/c15-11-7-9(14(16)20)1-3-12(11)17-5-6-18-10(8-17)2-4-13(18)19/h1,3,7,10H,2,4-6,8H2,(H2,16,20). The first-order valence-corrected chi connectivity index (χ1v) is 7.48. The van der Waals surface area contributed by atoms with Crippen molar-refractivity contribution in [3.8, 4) is 0 Å². The highest BCUT2D eigenvalue weighted by Crippen LogP contribution is 2.31. The Morgan fingerprint density at radius 3 is 2.90 bits per heavy atom. The lowest BCUT2D eigenvalue weighted by Crippen LogP contribution is -2.51. The summed E-state index contributed by atoms with van der Waals surface area (Å²) in [6.07, 6.45) is 1.62. The Kier molecular flexibility index (Phi) is 3.56. The van der Waals surface area contributed by atoms with Crippen LogP contribution in [0.5, 0.6) is 0 Å². The van der Waals surface area contributed by atoms with E-state index in [9.17, 15) is 4.79 Å². The number of benzene rings is 1. The Hall–Kier alpha value is -1.33. The minimum absolute atomic E-state index is 0.282. The number of anilines is 1. The zero-order chi connectivity index (χ0) is 14.3. The summed E-state index contributed by atoms with van der Waals surface area (Å²) in [6.45, 7) is 2.43. The van der Waals surface area contributed by atoms with Gasteiger partial charge in [-0.05, 0) is 24.6 Å². The van der Waals surface area contributed by atoms with Crippen LogP contribution >= 0.6 is 23.8 Å². The molecule has 2 aliphatic heterocycles. The zero-order valence-electron chi connectivity index (χ0n) is 11.0. The second-order valence-corrected chi connectivity index (χ2v) is 6.10. The number of hydrogen-bond donors (Lipinski definition) is 1. The third-order valence-electron chi connectivity index (χ3n) is 4.07. The number of nitrogens with zero attached hydrogens (tertiary/aromatic N) is 2.